The Morgan fingerprint density at radius 2 is 1.76 bits per heavy atom. The number of hydrogen-bond acceptors (Lipinski definition) is 4. The maximum absolute atomic E-state index is 12.3. The maximum Gasteiger partial charge on any atom is 0.347 e. The third kappa shape index (κ3) is 6.19. The van der Waals surface area contributed by atoms with E-state index in [1.54, 1.807) is 35.1 Å². The van der Waals surface area contributed by atoms with Gasteiger partial charge in [0.1, 0.15) is 0 Å². The molecule has 0 aliphatic heterocycles. The Morgan fingerprint density at radius 1 is 1.19 bits per heavy atom. The Labute approximate surface area is 153 Å². The number of hydrogen-bond donors (Lipinski definition) is 1. The van der Waals surface area contributed by atoms with Crippen molar-refractivity contribution in [3.63, 3.8) is 0 Å². The standard InChI is InChI=1S/C15H19I2NO3/c1-9(2)14(19)13(18-10(3)16)8-11-4-6-12(7-5-11)15(20)21-17/h4-7,9-10,13,18H,8H2,1-3H3. The molecule has 0 aromatic heterocycles. The van der Waals surface area contributed by atoms with Gasteiger partial charge in [0.25, 0.3) is 0 Å². The highest BCUT2D eigenvalue weighted by Gasteiger charge is 2.22. The van der Waals surface area contributed by atoms with Crippen LogP contribution in [0.25, 0.3) is 0 Å². The zero-order valence-electron chi connectivity index (χ0n) is 12.2. The number of ketones is 1. The molecule has 21 heavy (non-hydrogen) atoms. The van der Waals surface area contributed by atoms with Gasteiger partial charge in [0, 0.05) is 5.92 Å². The van der Waals surface area contributed by atoms with Crippen molar-refractivity contribution in [1.82, 2.24) is 5.32 Å². The maximum atomic E-state index is 12.3. The van der Waals surface area contributed by atoms with Crippen LogP contribution in [0.3, 0.4) is 0 Å². The molecule has 1 aromatic carbocycles. The summed E-state index contributed by atoms with van der Waals surface area (Å²) in [6.45, 7) is 5.84. The molecule has 4 nitrogen and oxygen atoms in total. The van der Waals surface area contributed by atoms with Gasteiger partial charge in [-0.3, -0.25) is 10.1 Å². The average molecular weight is 515 g/mol. The van der Waals surface area contributed by atoms with Crippen molar-refractivity contribution in [2.75, 3.05) is 0 Å². The topological polar surface area (TPSA) is 55.4 Å². The van der Waals surface area contributed by atoms with Gasteiger partial charge in [-0.25, -0.2) is 4.79 Å². The van der Waals surface area contributed by atoms with E-state index in [-0.39, 0.29) is 27.8 Å². The van der Waals surface area contributed by atoms with Crippen molar-refractivity contribution >= 4 is 57.3 Å². The van der Waals surface area contributed by atoms with Crippen molar-refractivity contribution in [3.05, 3.63) is 35.4 Å². The lowest BCUT2D eigenvalue weighted by Crippen LogP contribution is -2.43. The molecule has 2 unspecified atom stereocenters. The molecule has 0 spiro atoms. The van der Waals surface area contributed by atoms with Crippen molar-refractivity contribution < 1.29 is 12.7 Å². The van der Waals surface area contributed by atoms with E-state index in [1.165, 1.54) is 0 Å². The highest BCUT2D eigenvalue weighted by atomic mass is 127. The van der Waals surface area contributed by atoms with Crippen LogP contribution in [0.5, 0.6) is 0 Å². The number of alkyl halides is 1. The van der Waals surface area contributed by atoms with Gasteiger partial charge in [-0.15, -0.1) is 0 Å². The normalized spacial score (nSPS) is 13.8. The summed E-state index contributed by atoms with van der Waals surface area (Å²) in [4.78, 5) is 23.7. The van der Waals surface area contributed by atoms with Crippen LogP contribution < -0.4 is 5.32 Å². The number of benzene rings is 1. The lowest BCUT2D eigenvalue weighted by Gasteiger charge is -2.21. The van der Waals surface area contributed by atoms with Gasteiger partial charge >= 0.3 is 5.97 Å². The molecule has 116 valence electrons. The molecule has 1 rings (SSSR count). The zero-order chi connectivity index (χ0) is 16.0. The van der Waals surface area contributed by atoms with Crippen LogP contribution in [-0.4, -0.2) is 21.8 Å². The highest BCUT2D eigenvalue weighted by molar-refractivity contribution is 14.1. The zero-order valence-corrected chi connectivity index (χ0v) is 16.5. The predicted octanol–water partition coefficient (Wildman–Crippen LogP) is 3.70. The second-order valence-corrected chi connectivity index (χ2v) is 7.47. The number of rotatable bonds is 7. The minimum atomic E-state index is -0.365. The Bertz CT molecular complexity index is 486. The van der Waals surface area contributed by atoms with E-state index in [0.29, 0.717) is 12.0 Å². The van der Waals surface area contributed by atoms with E-state index in [1.807, 2.05) is 32.9 Å². The molecule has 0 amide bonds. The fraction of sp³-hybridized carbons (Fsp3) is 0.467. The first-order valence-electron chi connectivity index (χ1n) is 6.70. The summed E-state index contributed by atoms with van der Waals surface area (Å²) in [6.07, 6.45) is 0.615. The molecular weight excluding hydrogens is 496 g/mol. The third-order valence-electron chi connectivity index (χ3n) is 3.04. The van der Waals surface area contributed by atoms with E-state index in [4.69, 9.17) is 0 Å². The summed E-state index contributed by atoms with van der Waals surface area (Å²) >= 11 is 3.82. The molecule has 0 aliphatic rings. The molecule has 0 fully saturated rings. The van der Waals surface area contributed by atoms with E-state index in [9.17, 15) is 9.59 Å². The van der Waals surface area contributed by atoms with Crippen LogP contribution in [0.15, 0.2) is 24.3 Å². The van der Waals surface area contributed by atoms with Gasteiger partial charge < -0.3 is 3.07 Å². The quantitative estimate of drug-likeness (QED) is 0.342. The van der Waals surface area contributed by atoms with E-state index in [0.717, 1.165) is 5.56 Å². The van der Waals surface area contributed by atoms with Crippen LogP contribution in [0.2, 0.25) is 0 Å². The lowest BCUT2D eigenvalue weighted by atomic mass is 9.95. The summed E-state index contributed by atoms with van der Waals surface area (Å²) < 4.78 is 4.85. The number of carbonyl (C=O) groups is 2. The minimum Gasteiger partial charge on any atom is -0.391 e. The van der Waals surface area contributed by atoms with Gasteiger partial charge in [-0.05, 0) is 31.0 Å². The summed E-state index contributed by atoms with van der Waals surface area (Å²) in [6, 6.07) is 6.97. The van der Waals surface area contributed by atoms with Crippen LogP contribution in [-0.2, 0) is 14.3 Å². The molecule has 0 saturated heterocycles. The van der Waals surface area contributed by atoms with Crippen molar-refractivity contribution in [2.45, 2.75) is 37.3 Å². The molecule has 0 heterocycles. The minimum absolute atomic E-state index is 0.00841. The summed E-state index contributed by atoms with van der Waals surface area (Å²) in [5, 5.41) is 3.30. The smallest absolute Gasteiger partial charge is 0.347 e. The van der Waals surface area contributed by atoms with E-state index >= 15 is 0 Å². The summed E-state index contributed by atoms with van der Waals surface area (Å²) in [5.74, 6) is -0.170. The van der Waals surface area contributed by atoms with E-state index in [2.05, 4.69) is 31.0 Å². The van der Waals surface area contributed by atoms with Gasteiger partial charge in [-0.2, -0.15) is 0 Å². The second kappa shape index (κ2) is 9.04. The molecular formula is C15H19I2NO3. The van der Waals surface area contributed by atoms with Gasteiger partial charge in [0.05, 0.1) is 15.7 Å². The Hall–Kier alpha value is -0.220. The highest BCUT2D eigenvalue weighted by Crippen LogP contribution is 2.13. The monoisotopic (exact) mass is 515 g/mol. The average Bonchev–Trinajstić information content (AvgIpc) is 2.45. The number of carbonyl (C=O) groups excluding carboxylic acids is 2. The van der Waals surface area contributed by atoms with Crippen molar-refractivity contribution in [3.8, 4) is 0 Å². The molecule has 2 atom stereocenters. The Kier molecular flexibility index (Phi) is 8.10. The first kappa shape index (κ1) is 18.8. The molecule has 6 heteroatoms. The van der Waals surface area contributed by atoms with Crippen LogP contribution in [0.4, 0.5) is 0 Å². The van der Waals surface area contributed by atoms with E-state index < -0.39 is 0 Å². The van der Waals surface area contributed by atoms with Crippen molar-refractivity contribution in [2.24, 2.45) is 5.92 Å². The number of Topliss-reactive ketones (excluding diaryl/α,β-unsaturated/α-hetero) is 1. The summed E-state index contributed by atoms with van der Waals surface area (Å²) in [7, 11) is 0. The molecule has 0 saturated carbocycles. The number of nitrogens with one attached hydrogen (secondary N) is 1. The SMILES string of the molecule is CC(I)NC(Cc1ccc(C(=O)OI)cc1)C(=O)C(C)C. The van der Waals surface area contributed by atoms with Crippen LogP contribution >= 0.6 is 45.6 Å². The Morgan fingerprint density at radius 3 is 2.19 bits per heavy atom. The number of halogens is 2. The fourth-order valence-corrected chi connectivity index (χ4v) is 2.67. The molecule has 0 aliphatic carbocycles. The first-order chi connectivity index (χ1) is 9.85. The van der Waals surface area contributed by atoms with Gasteiger partial charge in [0.15, 0.2) is 28.8 Å². The molecule has 1 N–H and O–H groups in total. The fourth-order valence-electron chi connectivity index (χ4n) is 1.98. The third-order valence-corrected chi connectivity index (χ3v) is 3.80. The first-order valence-corrected chi connectivity index (χ1v) is 8.83. The van der Waals surface area contributed by atoms with Crippen LogP contribution in [0.1, 0.15) is 36.7 Å². The van der Waals surface area contributed by atoms with Crippen LogP contribution in [0, 0.1) is 5.92 Å². The Balaban J connectivity index is 2.83. The lowest BCUT2D eigenvalue weighted by molar-refractivity contribution is -0.124. The van der Waals surface area contributed by atoms with Crippen molar-refractivity contribution in [1.29, 1.82) is 0 Å². The molecule has 0 radical (unpaired) electrons. The van der Waals surface area contributed by atoms with Gasteiger partial charge in [0.2, 0.25) is 0 Å². The van der Waals surface area contributed by atoms with Gasteiger partial charge in [-0.1, -0.05) is 48.6 Å². The molecule has 0 bridgehead atoms. The second-order valence-electron chi connectivity index (χ2n) is 5.16. The predicted molar refractivity (Wildman–Crippen MR) is 99.8 cm³/mol. The largest absolute Gasteiger partial charge is 0.391 e. The molecule has 1 aromatic rings. The summed E-state index contributed by atoms with van der Waals surface area (Å²) in [5.41, 5.74) is 1.53.